The van der Waals surface area contributed by atoms with Crippen LogP contribution in [-0.4, -0.2) is 47.4 Å². The molecule has 0 saturated carbocycles. The highest BCUT2D eigenvalue weighted by molar-refractivity contribution is 5.76. The molecule has 2 unspecified atom stereocenters. The SMILES string of the molecule is CCCCCCCCCCC/C=C/C(O)C(CO)NC(=O)CCCCCCCCCCCCCCCCCCC/C=C\C/C=C\CCCCCCCCCCCCCOC(=O)CCCCCCCCCCCCCCCCCC. The van der Waals surface area contributed by atoms with Gasteiger partial charge in [-0.3, -0.25) is 9.59 Å². The molecule has 466 valence electrons. The molecule has 0 fully saturated rings. The third-order valence-electron chi connectivity index (χ3n) is 16.7. The number of ether oxygens (including phenoxy) is 1. The van der Waals surface area contributed by atoms with Gasteiger partial charge in [-0.15, -0.1) is 0 Å². The Balaban J connectivity index is 3.35. The van der Waals surface area contributed by atoms with Crippen LogP contribution in [-0.2, 0) is 14.3 Å². The van der Waals surface area contributed by atoms with Crippen LogP contribution >= 0.6 is 0 Å². The first-order valence-electron chi connectivity index (χ1n) is 35.8. The Morgan fingerprint density at radius 2 is 0.633 bits per heavy atom. The van der Waals surface area contributed by atoms with Gasteiger partial charge in [0, 0.05) is 12.8 Å². The summed E-state index contributed by atoms with van der Waals surface area (Å²) in [4.78, 5) is 24.5. The van der Waals surface area contributed by atoms with Gasteiger partial charge in [-0.25, -0.2) is 0 Å². The summed E-state index contributed by atoms with van der Waals surface area (Å²) in [6.07, 6.45) is 88.2. The number of rotatable bonds is 67. The van der Waals surface area contributed by atoms with Crippen molar-refractivity contribution < 1.29 is 24.5 Å². The minimum atomic E-state index is -0.841. The van der Waals surface area contributed by atoms with Gasteiger partial charge >= 0.3 is 5.97 Å². The van der Waals surface area contributed by atoms with Gasteiger partial charge in [0.1, 0.15) is 0 Å². The molecule has 0 saturated heterocycles. The summed E-state index contributed by atoms with van der Waals surface area (Å²) in [6, 6.07) is -0.625. The smallest absolute Gasteiger partial charge is 0.305 e. The van der Waals surface area contributed by atoms with E-state index < -0.39 is 12.1 Å². The van der Waals surface area contributed by atoms with Crippen LogP contribution in [0.5, 0.6) is 0 Å². The number of aliphatic hydroxyl groups excluding tert-OH is 2. The van der Waals surface area contributed by atoms with Gasteiger partial charge in [-0.1, -0.05) is 352 Å². The van der Waals surface area contributed by atoms with Crippen LogP contribution < -0.4 is 5.32 Å². The predicted octanol–water partition coefficient (Wildman–Crippen LogP) is 23.1. The van der Waals surface area contributed by atoms with E-state index in [0.29, 0.717) is 19.4 Å². The second kappa shape index (κ2) is 68.6. The molecule has 0 bridgehead atoms. The van der Waals surface area contributed by atoms with Gasteiger partial charge in [0.15, 0.2) is 0 Å². The van der Waals surface area contributed by atoms with E-state index in [1.807, 2.05) is 6.08 Å². The first-order valence-corrected chi connectivity index (χ1v) is 35.8. The molecule has 0 heterocycles. The Bertz CT molecular complexity index is 1280. The summed E-state index contributed by atoms with van der Waals surface area (Å²) in [5, 5.41) is 23.1. The molecule has 3 N–H and O–H groups in total. The van der Waals surface area contributed by atoms with Crippen LogP contribution in [0.25, 0.3) is 0 Å². The van der Waals surface area contributed by atoms with Crippen LogP contribution in [0.1, 0.15) is 393 Å². The zero-order valence-corrected chi connectivity index (χ0v) is 53.4. The van der Waals surface area contributed by atoms with Crippen LogP contribution in [0.2, 0.25) is 0 Å². The fraction of sp³-hybridized carbons (Fsp3) is 0.890. The van der Waals surface area contributed by atoms with Crippen molar-refractivity contribution in [2.24, 2.45) is 0 Å². The Morgan fingerprint density at radius 3 is 0.962 bits per heavy atom. The Labute approximate surface area is 494 Å². The first-order chi connectivity index (χ1) is 39.0. The summed E-state index contributed by atoms with van der Waals surface area (Å²) in [5.74, 6) is -0.0452. The number of esters is 1. The van der Waals surface area contributed by atoms with Crippen LogP contribution in [0.15, 0.2) is 36.5 Å². The lowest BCUT2D eigenvalue weighted by molar-refractivity contribution is -0.143. The molecular weight excluding hydrogens is 971 g/mol. The van der Waals surface area contributed by atoms with Crippen molar-refractivity contribution in [3.8, 4) is 0 Å². The van der Waals surface area contributed by atoms with Crippen molar-refractivity contribution in [3.05, 3.63) is 36.5 Å². The predicted molar refractivity (Wildman–Crippen MR) is 347 cm³/mol. The number of hydrogen-bond acceptors (Lipinski definition) is 5. The van der Waals surface area contributed by atoms with Crippen molar-refractivity contribution in [1.82, 2.24) is 5.32 Å². The zero-order valence-electron chi connectivity index (χ0n) is 53.4. The highest BCUT2D eigenvalue weighted by Gasteiger charge is 2.18. The summed E-state index contributed by atoms with van der Waals surface area (Å²) in [5.41, 5.74) is 0. The zero-order chi connectivity index (χ0) is 57.1. The second-order valence-electron chi connectivity index (χ2n) is 24.6. The number of aliphatic hydroxyl groups is 2. The molecule has 0 aliphatic carbocycles. The maximum atomic E-state index is 12.4. The lowest BCUT2D eigenvalue weighted by atomic mass is 10.0. The van der Waals surface area contributed by atoms with Crippen LogP contribution in [0.4, 0.5) is 0 Å². The lowest BCUT2D eigenvalue weighted by Crippen LogP contribution is -2.45. The standard InChI is InChI=1S/C73H139NO5/c1-3-5-7-9-11-13-15-16-17-40-43-47-51-55-59-63-67-73(78)79-68-64-60-56-52-48-44-41-38-36-34-32-30-28-26-24-22-20-18-19-21-23-25-27-29-31-33-35-37-39-42-46-50-54-58-62-66-72(77)74-70(69-75)71(76)65-61-57-53-49-45-14-12-10-8-6-4-2/h20,22,26,28,61,65,70-71,75-76H,3-19,21,23-25,27,29-60,62-64,66-69H2,1-2H3,(H,74,77)/b22-20-,28-26-,65-61+. The molecule has 0 aromatic heterocycles. The average molecular weight is 1110 g/mol. The second-order valence-corrected chi connectivity index (χ2v) is 24.6. The van der Waals surface area contributed by atoms with E-state index in [0.717, 1.165) is 44.9 Å². The quantitative estimate of drug-likeness (QED) is 0.0320. The van der Waals surface area contributed by atoms with E-state index >= 15 is 0 Å². The van der Waals surface area contributed by atoms with E-state index in [2.05, 4.69) is 43.5 Å². The Hall–Kier alpha value is -1.92. The van der Waals surface area contributed by atoms with E-state index in [1.165, 1.54) is 321 Å². The molecule has 79 heavy (non-hydrogen) atoms. The molecule has 0 aliphatic heterocycles. The molecule has 0 aliphatic rings. The van der Waals surface area contributed by atoms with E-state index in [1.54, 1.807) is 6.08 Å². The number of nitrogens with one attached hydrogen (secondary N) is 1. The molecule has 6 heteroatoms. The number of unbranched alkanes of at least 4 members (excludes halogenated alkanes) is 52. The molecule has 0 aromatic rings. The number of carbonyl (C=O) groups excluding carboxylic acids is 2. The van der Waals surface area contributed by atoms with Crippen molar-refractivity contribution in [1.29, 1.82) is 0 Å². The topological polar surface area (TPSA) is 95.9 Å². The lowest BCUT2D eigenvalue weighted by Gasteiger charge is -2.20. The fourth-order valence-corrected chi connectivity index (χ4v) is 11.2. The Morgan fingerprint density at radius 1 is 0.354 bits per heavy atom. The molecule has 6 nitrogen and oxygen atoms in total. The highest BCUT2D eigenvalue weighted by Crippen LogP contribution is 2.18. The average Bonchev–Trinajstić information content (AvgIpc) is 3.45. The summed E-state index contributed by atoms with van der Waals surface area (Å²) < 4.78 is 5.50. The van der Waals surface area contributed by atoms with Crippen LogP contribution in [0.3, 0.4) is 0 Å². The highest BCUT2D eigenvalue weighted by atomic mass is 16.5. The first kappa shape index (κ1) is 77.1. The number of hydrogen-bond donors (Lipinski definition) is 3. The monoisotopic (exact) mass is 1110 g/mol. The fourth-order valence-electron chi connectivity index (χ4n) is 11.2. The van der Waals surface area contributed by atoms with Gasteiger partial charge in [0.05, 0.1) is 25.4 Å². The number of allylic oxidation sites excluding steroid dienone is 5. The minimum absolute atomic E-state index is 0.0204. The van der Waals surface area contributed by atoms with Crippen molar-refractivity contribution in [3.63, 3.8) is 0 Å². The molecular formula is C73H139NO5. The van der Waals surface area contributed by atoms with Gasteiger partial charge in [0.2, 0.25) is 5.91 Å². The number of carbonyl (C=O) groups is 2. The maximum absolute atomic E-state index is 12.4. The minimum Gasteiger partial charge on any atom is -0.466 e. The van der Waals surface area contributed by atoms with E-state index in [4.69, 9.17) is 4.74 Å². The van der Waals surface area contributed by atoms with Gasteiger partial charge in [-0.2, -0.15) is 0 Å². The van der Waals surface area contributed by atoms with Crippen LogP contribution in [0, 0.1) is 0 Å². The molecule has 0 radical (unpaired) electrons. The van der Waals surface area contributed by atoms with Crippen molar-refractivity contribution >= 4 is 11.9 Å². The molecule has 1 amide bonds. The maximum Gasteiger partial charge on any atom is 0.305 e. The van der Waals surface area contributed by atoms with Crippen molar-refractivity contribution in [2.75, 3.05) is 13.2 Å². The largest absolute Gasteiger partial charge is 0.466 e. The number of amides is 1. The summed E-state index contributed by atoms with van der Waals surface area (Å²) >= 11 is 0. The Kier molecular flexibility index (Phi) is 66.9. The molecule has 0 rings (SSSR count). The summed E-state index contributed by atoms with van der Waals surface area (Å²) in [6.45, 7) is 4.92. The molecule has 0 aromatic carbocycles. The van der Waals surface area contributed by atoms with Crippen molar-refractivity contribution in [2.45, 2.75) is 405 Å². The van der Waals surface area contributed by atoms with Gasteiger partial charge in [0.25, 0.3) is 0 Å². The van der Waals surface area contributed by atoms with Gasteiger partial charge < -0.3 is 20.3 Å². The third kappa shape index (κ3) is 65.1. The normalized spacial score (nSPS) is 12.7. The third-order valence-corrected chi connectivity index (χ3v) is 16.7. The summed E-state index contributed by atoms with van der Waals surface area (Å²) in [7, 11) is 0. The van der Waals surface area contributed by atoms with Gasteiger partial charge in [-0.05, 0) is 64.2 Å². The molecule has 0 spiro atoms. The van der Waals surface area contributed by atoms with E-state index in [-0.39, 0.29) is 18.5 Å². The molecule has 2 atom stereocenters. The van der Waals surface area contributed by atoms with E-state index in [9.17, 15) is 19.8 Å².